The van der Waals surface area contributed by atoms with Crippen LogP contribution in [0.25, 0.3) is 33.8 Å². The van der Waals surface area contributed by atoms with Crippen molar-refractivity contribution >= 4 is 17.1 Å². The van der Waals surface area contributed by atoms with Gasteiger partial charge in [0, 0.05) is 23.1 Å². The van der Waals surface area contributed by atoms with E-state index in [9.17, 15) is 4.79 Å². The molecule has 0 saturated carbocycles. The van der Waals surface area contributed by atoms with E-state index in [0.29, 0.717) is 29.3 Å². The predicted octanol–water partition coefficient (Wildman–Crippen LogP) is 6.35. The Morgan fingerprint density at radius 2 is 1.83 bits per heavy atom. The van der Waals surface area contributed by atoms with Crippen molar-refractivity contribution in [2.45, 2.75) is 38.8 Å². The molecule has 0 aliphatic carbocycles. The predicted molar refractivity (Wildman–Crippen MR) is 135 cm³/mol. The molecule has 5 aromatic rings. The summed E-state index contributed by atoms with van der Waals surface area (Å²) in [6.07, 6.45) is 2.97. The number of carbonyl (C=O) groups excluding carboxylic acids is 1. The fourth-order valence-electron chi connectivity index (χ4n) is 4.06. The van der Waals surface area contributed by atoms with Gasteiger partial charge in [-0.25, -0.2) is 14.8 Å². The molecular formula is C28H26N4O4. The number of hydrogen-bond acceptors (Lipinski definition) is 7. The van der Waals surface area contributed by atoms with Crippen LogP contribution >= 0.6 is 0 Å². The number of fused-ring (bicyclic) bond motifs is 1. The van der Waals surface area contributed by atoms with E-state index in [1.54, 1.807) is 6.20 Å². The van der Waals surface area contributed by atoms with Gasteiger partial charge in [-0.15, -0.1) is 0 Å². The summed E-state index contributed by atoms with van der Waals surface area (Å²) in [6, 6.07) is 20.7. The molecule has 1 atom stereocenters. The molecule has 1 N–H and O–H groups in total. The normalized spacial score (nSPS) is 12.4. The van der Waals surface area contributed by atoms with E-state index in [1.807, 2.05) is 87.5 Å². The molecule has 8 heteroatoms. The maximum Gasteiger partial charge on any atom is 0.408 e. The summed E-state index contributed by atoms with van der Waals surface area (Å²) in [6.45, 7) is 5.50. The van der Waals surface area contributed by atoms with Crippen LogP contribution in [0.2, 0.25) is 0 Å². The number of amides is 1. The van der Waals surface area contributed by atoms with E-state index >= 15 is 0 Å². The Bertz CT molecular complexity index is 1490. The summed E-state index contributed by atoms with van der Waals surface area (Å²) in [5, 5.41) is 8.28. The minimum atomic E-state index is -0.639. The number of hydrogen-bond donors (Lipinski definition) is 1. The van der Waals surface area contributed by atoms with Crippen LogP contribution in [0.5, 0.6) is 0 Å². The number of aromatic nitrogens is 3. The van der Waals surface area contributed by atoms with Crippen LogP contribution in [0.3, 0.4) is 0 Å². The zero-order valence-electron chi connectivity index (χ0n) is 20.3. The second-order valence-electron chi connectivity index (χ2n) is 9.37. The highest BCUT2D eigenvalue weighted by atomic mass is 16.6. The van der Waals surface area contributed by atoms with Gasteiger partial charge in [-0.2, -0.15) is 0 Å². The van der Waals surface area contributed by atoms with Gasteiger partial charge in [0.2, 0.25) is 5.89 Å². The van der Waals surface area contributed by atoms with Crippen LogP contribution in [0.1, 0.15) is 38.1 Å². The molecular weight excluding hydrogens is 456 g/mol. The maximum absolute atomic E-state index is 12.9. The molecule has 3 heterocycles. The standard InChI is InChI=1S/C28H26N4O4/c1-28(2,3)35-27(33)31-23(17-18-9-8-13-22(30-18)26-29-15-16-34-26)19-10-4-5-11-20(19)25-21-12-6-7-14-24(21)36-32-25/h4-16,23H,17H2,1-3H3,(H,31,33)/t23-/m0/s1. The Labute approximate surface area is 208 Å². The van der Waals surface area contributed by atoms with Gasteiger partial charge < -0.3 is 19.0 Å². The molecule has 0 unspecified atom stereocenters. The number of nitrogens with zero attached hydrogens (tertiary/aromatic N) is 3. The first-order valence-electron chi connectivity index (χ1n) is 11.7. The van der Waals surface area contributed by atoms with Gasteiger partial charge in [0.15, 0.2) is 5.58 Å². The van der Waals surface area contributed by atoms with Crippen molar-refractivity contribution in [2.24, 2.45) is 0 Å². The lowest BCUT2D eigenvalue weighted by Gasteiger charge is -2.25. The third-order valence-electron chi connectivity index (χ3n) is 5.53. The molecule has 5 rings (SSSR count). The molecule has 0 aliphatic heterocycles. The lowest BCUT2D eigenvalue weighted by atomic mass is 9.93. The third-order valence-corrected chi connectivity index (χ3v) is 5.53. The summed E-state index contributed by atoms with van der Waals surface area (Å²) < 4.78 is 16.6. The van der Waals surface area contributed by atoms with Crippen molar-refractivity contribution in [2.75, 3.05) is 0 Å². The first-order valence-corrected chi connectivity index (χ1v) is 11.7. The summed E-state index contributed by atoms with van der Waals surface area (Å²) >= 11 is 0. The van der Waals surface area contributed by atoms with Crippen molar-refractivity contribution in [3.05, 3.63) is 90.4 Å². The number of benzene rings is 2. The minimum absolute atomic E-state index is 0.403. The lowest BCUT2D eigenvalue weighted by Crippen LogP contribution is -2.36. The van der Waals surface area contributed by atoms with Crippen LogP contribution in [0.4, 0.5) is 4.79 Å². The van der Waals surface area contributed by atoms with E-state index in [2.05, 4.69) is 15.5 Å². The number of pyridine rings is 1. The summed E-state index contributed by atoms with van der Waals surface area (Å²) in [7, 11) is 0. The molecule has 0 spiro atoms. The smallest absolute Gasteiger partial charge is 0.408 e. The summed E-state index contributed by atoms with van der Waals surface area (Å²) in [5.74, 6) is 0.433. The van der Waals surface area contributed by atoms with Gasteiger partial charge in [-0.05, 0) is 50.6 Å². The highest BCUT2D eigenvalue weighted by molar-refractivity contribution is 5.92. The highest BCUT2D eigenvalue weighted by Crippen LogP contribution is 2.34. The number of rotatable bonds is 6. The second-order valence-corrected chi connectivity index (χ2v) is 9.37. The Balaban J connectivity index is 1.55. The number of carbonyl (C=O) groups is 1. The van der Waals surface area contributed by atoms with Gasteiger partial charge in [-0.1, -0.05) is 47.6 Å². The van der Waals surface area contributed by atoms with E-state index in [0.717, 1.165) is 22.2 Å². The van der Waals surface area contributed by atoms with E-state index in [-0.39, 0.29) is 0 Å². The number of nitrogens with one attached hydrogen (secondary N) is 1. The highest BCUT2D eigenvalue weighted by Gasteiger charge is 2.25. The Hall–Kier alpha value is -4.46. The van der Waals surface area contributed by atoms with Gasteiger partial charge in [-0.3, -0.25) is 0 Å². The average Bonchev–Trinajstić information content (AvgIpc) is 3.53. The fourth-order valence-corrected chi connectivity index (χ4v) is 4.06. The van der Waals surface area contributed by atoms with Crippen molar-refractivity contribution in [1.82, 2.24) is 20.4 Å². The van der Waals surface area contributed by atoms with Gasteiger partial charge in [0.1, 0.15) is 23.3 Å². The monoisotopic (exact) mass is 482 g/mol. The molecule has 2 aromatic carbocycles. The zero-order chi connectivity index (χ0) is 25.1. The van der Waals surface area contributed by atoms with Crippen LogP contribution in [-0.2, 0) is 11.2 Å². The Morgan fingerprint density at radius 3 is 2.64 bits per heavy atom. The lowest BCUT2D eigenvalue weighted by molar-refractivity contribution is 0.0503. The molecule has 0 radical (unpaired) electrons. The molecule has 1 amide bonds. The quantitative estimate of drug-likeness (QED) is 0.301. The zero-order valence-corrected chi connectivity index (χ0v) is 20.3. The van der Waals surface area contributed by atoms with Crippen LogP contribution < -0.4 is 5.32 Å². The second kappa shape index (κ2) is 9.65. The van der Waals surface area contributed by atoms with Gasteiger partial charge >= 0.3 is 6.09 Å². The molecule has 3 aromatic heterocycles. The van der Waals surface area contributed by atoms with E-state index in [1.165, 1.54) is 6.26 Å². The number of para-hydroxylation sites is 1. The molecule has 8 nitrogen and oxygen atoms in total. The van der Waals surface area contributed by atoms with E-state index in [4.69, 9.17) is 18.7 Å². The summed E-state index contributed by atoms with van der Waals surface area (Å²) in [5.41, 5.74) is 3.85. The topological polar surface area (TPSA) is 103 Å². The molecule has 36 heavy (non-hydrogen) atoms. The first kappa shape index (κ1) is 23.3. The van der Waals surface area contributed by atoms with Crippen molar-refractivity contribution in [3.8, 4) is 22.8 Å². The van der Waals surface area contributed by atoms with E-state index < -0.39 is 17.7 Å². The van der Waals surface area contributed by atoms with Crippen LogP contribution in [-0.4, -0.2) is 26.8 Å². The SMILES string of the molecule is CC(C)(C)OC(=O)N[C@@H](Cc1cccc(-c2ncco2)n1)c1ccccc1-c1noc2ccccc12. The number of alkyl carbamates (subject to hydrolysis) is 1. The van der Waals surface area contributed by atoms with Crippen molar-refractivity contribution < 1.29 is 18.5 Å². The van der Waals surface area contributed by atoms with Crippen molar-refractivity contribution in [1.29, 1.82) is 0 Å². The number of ether oxygens (including phenoxy) is 1. The van der Waals surface area contributed by atoms with Gasteiger partial charge in [0.25, 0.3) is 0 Å². The largest absolute Gasteiger partial charge is 0.444 e. The van der Waals surface area contributed by atoms with Crippen LogP contribution in [0.15, 0.2) is 88.1 Å². The maximum atomic E-state index is 12.9. The molecule has 0 bridgehead atoms. The molecule has 182 valence electrons. The summed E-state index contributed by atoms with van der Waals surface area (Å²) in [4.78, 5) is 21.8. The number of oxazole rings is 1. The Morgan fingerprint density at radius 1 is 1.03 bits per heavy atom. The molecule has 0 fully saturated rings. The average molecular weight is 483 g/mol. The fraction of sp³-hybridized carbons (Fsp3) is 0.214. The van der Waals surface area contributed by atoms with Gasteiger partial charge in [0.05, 0.1) is 12.2 Å². The molecule has 0 aliphatic rings. The van der Waals surface area contributed by atoms with Crippen LogP contribution in [0, 0.1) is 0 Å². The Kier molecular flexibility index (Phi) is 6.25. The first-order chi connectivity index (χ1) is 17.4. The third kappa shape index (κ3) is 5.12. The minimum Gasteiger partial charge on any atom is -0.444 e. The van der Waals surface area contributed by atoms with Crippen molar-refractivity contribution in [3.63, 3.8) is 0 Å². The molecule has 0 saturated heterocycles.